The van der Waals surface area contributed by atoms with Crippen LogP contribution in [0.2, 0.25) is 0 Å². The predicted octanol–water partition coefficient (Wildman–Crippen LogP) is 1.36. The van der Waals surface area contributed by atoms with E-state index in [2.05, 4.69) is 5.32 Å². The molecule has 13 heteroatoms. The first-order valence-corrected chi connectivity index (χ1v) is 12.4. The second kappa shape index (κ2) is 10.8. The van der Waals surface area contributed by atoms with E-state index in [0.717, 1.165) is 5.56 Å². The standard InChI is InChI=1S/C26H28FN5O7/c1-29-14-23(33)31-19(7-9-24(34)35)25(36)30(12-17-4-8-20-21(10-17)39-15-38-20)13-22(31)32(29)26(37)28-11-16-2-5-18(27)6-3-16/h2-6,8,10,19,22H,7,9,11-15H2,1H3,(H,28,37)(H,34,35)/t19-,22-/m0/s1. The highest BCUT2D eigenvalue weighted by Crippen LogP contribution is 2.34. The average Bonchev–Trinajstić information content (AvgIpc) is 3.36. The quantitative estimate of drug-likeness (QED) is 0.537. The van der Waals surface area contributed by atoms with E-state index >= 15 is 0 Å². The maximum atomic E-state index is 13.6. The average molecular weight is 542 g/mol. The summed E-state index contributed by atoms with van der Waals surface area (Å²) in [6.45, 7) is 0.223. The van der Waals surface area contributed by atoms with Crippen molar-refractivity contribution in [2.24, 2.45) is 0 Å². The van der Waals surface area contributed by atoms with Gasteiger partial charge in [-0.25, -0.2) is 19.2 Å². The van der Waals surface area contributed by atoms with Crippen molar-refractivity contribution in [3.8, 4) is 11.5 Å². The lowest BCUT2D eigenvalue weighted by molar-refractivity contribution is -0.188. The van der Waals surface area contributed by atoms with Crippen molar-refractivity contribution in [3.63, 3.8) is 0 Å². The maximum Gasteiger partial charge on any atom is 0.334 e. The summed E-state index contributed by atoms with van der Waals surface area (Å²) in [4.78, 5) is 54.4. The molecule has 0 aromatic heterocycles. The van der Waals surface area contributed by atoms with Gasteiger partial charge in [-0.15, -0.1) is 0 Å². The Balaban J connectivity index is 1.40. The number of benzene rings is 2. The van der Waals surface area contributed by atoms with E-state index < -0.39 is 35.9 Å². The smallest absolute Gasteiger partial charge is 0.334 e. The fourth-order valence-corrected chi connectivity index (χ4v) is 5.11. The van der Waals surface area contributed by atoms with Crippen LogP contribution in [-0.2, 0) is 27.5 Å². The van der Waals surface area contributed by atoms with E-state index in [-0.39, 0.29) is 51.7 Å². The summed E-state index contributed by atoms with van der Waals surface area (Å²) in [5.74, 6) is -1.11. The van der Waals surface area contributed by atoms with Gasteiger partial charge in [0, 0.05) is 26.6 Å². The molecule has 0 bridgehead atoms. The number of amides is 4. The number of hydrogen-bond donors (Lipinski definition) is 2. The monoisotopic (exact) mass is 541 g/mol. The highest BCUT2D eigenvalue weighted by molar-refractivity contribution is 5.91. The van der Waals surface area contributed by atoms with Gasteiger partial charge in [-0.3, -0.25) is 14.4 Å². The van der Waals surface area contributed by atoms with Crippen LogP contribution < -0.4 is 14.8 Å². The summed E-state index contributed by atoms with van der Waals surface area (Å²) >= 11 is 0. The number of likely N-dealkylation sites (N-methyl/N-ethyl adjacent to an activating group) is 1. The zero-order valence-electron chi connectivity index (χ0n) is 21.2. The van der Waals surface area contributed by atoms with Crippen molar-refractivity contribution in [2.45, 2.75) is 38.1 Å². The van der Waals surface area contributed by atoms with E-state index in [4.69, 9.17) is 9.47 Å². The molecule has 5 rings (SSSR count). The highest BCUT2D eigenvalue weighted by atomic mass is 19.1. The van der Waals surface area contributed by atoms with Gasteiger partial charge in [0.05, 0.1) is 13.1 Å². The van der Waals surface area contributed by atoms with Gasteiger partial charge in [-0.1, -0.05) is 18.2 Å². The molecule has 3 heterocycles. The second-order valence-corrected chi connectivity index (χ2v) is 9.58. The van der Waals surface area contributed by atoms with Gasteiger partial charge >= 0.3 is 12.0 Å². The molecule has 39 heavy (non-hydrogen) atoms. The zero-order valence-corrected chi connectivity index (χ0v) is 21.2. The number of carboxylic acids is 1. The molecule has 2 N–H and O–H groups in total. The first-order chi connectivity index (χ1) is 18.7. The van der Waals surface area contributed by atoms with E-state index in [1.54, 1.807) is 37.4 Å². The number of halogens is 1. The Morgan fingerprint density at radius 2 is 1.79 bits per heavy atom. The van der Waals surface area contributed by atoms with Gasteiger partial charge < -0.3 is 29.7 Å². The van der Waals surface area contributed by atoms with Gasteiger partial charge in [-0.05, 0) is 41.8 Å². The van der Waals surface area contributed by atoms with Crippen LogP contribution in [0.4, 0.5) is 9.18 Å². The molecule has 3 aliphatic heterocycles. The third-order valence-corrected chi connectivity index (χ3v) is 6.95. The Labute approximate surface area is 223 Å². The maximum absolute atomic E-state index is 13.6. The lowest BCUT2D eigenvalue weighted by Gasteiger charge is -2.54. The van der Waals surface area contributed by atoms with Crippen molar-refractivity contribution in [1.29, 1.82) is 0 Å². The summed E-state index contributed by atoms with van der Waals surface area (Å²) in [6, 6.07) is 9.43. The van der Waals surface area contributed by atoms with Crippen LogP contribution in [0.15, 0.2) is 42.5 Å². The van der Waals surface area contributed by atoms with Gasteiger partial charge in [0.25, 0.3) is 0 Å². The Bertz CT molecular complexity index is 1290. The van der Waals surface area contributed by atoms with Crippen LogP contribution in [0, 0.1) is 5.82 Å². The number of urea groups is 1. The van der Waals surface area contributed by atoms with Gasteiger partial charge in [0.15, 0.2) is 11.5 Å². The summed E-state index contributed by atoms with van der Waals surface area (Å²) in [7, 11) is 1.59. The van der Waals surface area contributed by atoms with Crippen LogP contribution in [0.1, 0.15) is 24.0 Å². The molecule has 0 aliphatic carbocycles. The summed E-state index contributed by atoms with van der Waals surface area (Å²) < 4.78 is 24.1. The minimum absolute atomic E-state index is 0.0108. The molecule has 206 valence electrons. The Morgan fingerprint density at radius 1 is 1.08 bits per heavy atom. The lowest BCUT2D eigenvalue weighted by atomic mass is 10.0. The number of aliphatic carboxylic acids is 1. The van der Waals surface area contributed by atoms with Crippen molar-refractivity contribution >= 4 is 23.8 Å². The number of carbonyl (C=O) groups is 4. The molecule has 4 amide bonds. The highest BCUT2D eigenvalue weighted by Gasteiger charge is 2.50. The molecule has 2 fully saturated rings. The molecule has 2 aromatic rings. The van der Waals surface area contributed by atoms with Crippen LogP contribution in [0.5, 0.6) is 11.5 Å². The van der Waals surface area contributed by atoms with E-state index in [0.29, 0.717) is 17.1 Å². The molecule has 2 atom stereocenters. The summed E-state index contributed by atoms with van der Waals surface area (Å²) in [5.41, 5.74) is 1.43. The lowest BCUT2D eigenvalue weighted by Crippen LogP contribution is -2.75. The molecule has 3 aliphatic rings. The van der Waals surface area contributed by atoms with Gasteiger partial charge in [0.2, 0.25) is 18.6 Å². The predicted molar refractivity (Wildman–Crippen MR) is 132 cm³/mol. The Hall–Kier alpha value is -4.39. The van der Waals surface area contributed by atoms with Crippen molar-refractivity contribution in [2.75, 3.05) is 26.9 Å². The fourth-order valence-electron chi connectivity index (χ4n) is 5.11. The van der Waals surface area contributed by atoms with Crippen LogP contribution in [0.25, 0.3) is 0 Å². The number of carbonyl (C=O) groups excluding carboxylic acids is 3. The minimum Gasteiger partial charge on any atom is -0.481 e. The minimum atomic E-state index is -1.09. The van der Waals surface area contributed by atoms with E-state index in [1.165, 1.54) is 32.0 Å². The third kappa shape index (κ3) is 5.43. The number of hydrogen-bond acceptors (Lipinski definition) is 7. The van der Waals surface area contributed by atoms with Crippen LogP contribution in [0.3, 0.4) is 0 Å². The molecule has 0 radical (unpaired) electrons. The number of nitrogens with zero attached hydrogens (tertiary/aromatic N) is 4. The zero-order chi connectivity index (χ0) is 27.7. The molecule has 12 nitrogen and oxygen atoms in total. The molecule has 2 aromatic carbocycles. The first-order valence-electron chi connectivity index (χ1n) is 12.4. The van der Waals surface area contributed by atoms with Crippen molar-refractivity contribution < 1.29 is 38.1 Å². The number of nitrogens with one attached hydrogen (secondary N) is 1. The summed E-state index contributed by atoms with van der Waals surface area (Å²) in [5, 5.41) is 14.9. The van der Waals surface area contributed by atoms with Gasteiger partial charge in [0.1, 0.15) is 18.0 Å². The van der Waals surface area contributed by atoms with Crippen LogP contribution >= 0.6 is 0 Å². The second-order valence-electron chi connectivity index (χ2n) is 9.58. The number of hydrazine groups is 1. The van der Waals surface area contributed by atoms with E-state index in [9.17, 15) is 28.7 Å². The van der Waals surface area contributed by atoms with Crippen LogP contribution in [-0.4, -0.2) is 87.9 Å². The Morgan fingerprint density at radius 3 is 2.54 bits per heavy atom. The number of piperazine rings is 1. The Kier molecular flexibility index (Phi) is 7.24. The van der Waals surface area contributed by atoms with Crippen molar-refractivity contribution in [3.05, 3.63) is 59.4 Å². The molecule has 0 saturated carbocycles. The normalized spacial score (nSPS) is 20.7. The molecular weight excluding hydrogens is 513 g/mol. The van der Waals surface area contributed by atoms with Gasteiger partial charge in [-0.2, -0.15) is 0 Å². The first kappa shape index (κ1) is 26.2. The number of carboxylic acid groups (broad SMARTS) is 1. The number of ether oxygens (including phenoxy) is 2. The molecule has 2 saturated heterocycles. The third-order valence-electron chi connectivity index (χ3n) is 6.95. The molecular formula is C26H28FN5O7. The molecule has 0 spiro atoms. The number of rotatable bonds is 7. The number of fused-ring (bicyclic) bond motifs is 2. The summed E-state index contributed by atoms with van der Waals surface area (Å²) in [6.07, 6.45) is -1.28. The SMILES string of the molecule is CN1CC(=O)N2[C@@H](CCC(=O)O)C(=O)N(Cc3ccc4c(c3)OCO4)C[C@@H]2N1C(=O)NCc1ccc(F)cc1. The van der Waals surface area contributed by atoms with E-state index in [1.807, 2.05) is 0 Å². The largest absolute Gasteiger partial charge is 0.481 e. The molecule has 0 unspecified atom stereocenters. The fraction of sp³-hybridized carbons (Fsp3) is 0.385. The van der Waals surface area contributed by atoms with Crippen molar-refractivity contribution in [1.82, 2.24) is 25.1 Å². The topological polar surface area (TPSA) is 132 Å².